The number of fused-ring (bicyclic) bond motifs is 1. The van der Waals surface area contributed by atoms with Crippen LogP contribution >= 0.6 is 11.3 Å². The van der Waals surface area contributed by atoms with E-state index < -0.39 is 10.0 Å². The molecule has 1 aliphatic carbocycles. The molecule has 2 saturated heterocycles. The lowest BCUT2D eigenvalue weighted by atomic mass is 9.75. The first-order chi connectivity index (χ1) is 20.3. The third-order valence-electron chi connectivity index (χ3n) is 8.61. The monoisotopic (exact) mass is 605 g/mol. The summed E-state index contributed by atoms with van der Waals surface area (Å²) in [7, 11) is -2.36. The molecular formula is C31H35N5O4S2. The minimum Gasteiger partial charge on any atom is -0.495 e. The van der Waals surface area contributed by atoms with Crippen LogP contribution in [0.15, 0.2) is 41.3 Å². The number of rotatable bonds is 8. The van der Waals surface area contributed by atoms with Crippen molar-refractivity contribution in [2.75, 3.05) is 50.6 Å². The van der Waals surface area contributed by atoms with Gasteiger partial charge in [-0.25, -0.2) is 13.6 Å². The van der Waals surface area contributed by atoms with Gasteiger partial charge in [0.15, 0.2) is 0 Å². The highest BCUT2D eigenvalue weighted by Gasteiger charge is 2.50. The van der Waals surface area contributed by atoms with Crippen LogP contribution in [0.2, 0.25) is 0 Å². The molecule has 0 unspecified atom stereocenters. The summed E-state index contributed by atoms with van der Waals surface area (Å²) in [4.78, 5) is 3.52. The summed E-state index contributed by atoms with van der Waals surface area (Å²) in [6, 6.07) is 14.1. The normalized spacial score (nSPS) is 21.5. The minimum absolute atomic E-state index is 0.0200. The van der Waals surface area contributed by atoms with Crippen LogP contribution in [0.4, 0.5) is 11.4 Å². The fourth-order valence-corrected chi connectivity index (χ4v) is 8.05. The summed E-state index contributed by atoms with van der Waals surface area (Å²) in [5, 5.41) is 22.9. The molecular weight excluding hydrogens is 571 g/mol. The van der Waals surface area contributed by atoms with Crippen molar-refractivity contribution in [1.29, 1.82) is 5.26 Å². The van der Waals surface area contributed by atoms with Crippen molar-refractivity contribution < 1.29 is 17.9 Å². The van der Waals surface area contributed by atoms with E-state index in [2.05, 4.69) is 51.6 Å². The highest BCUT2D eigenvalue weighted by molar-refractivity contribution is 7.89. The van der Waals surface area contributed by atoms with Gasteiger partial charge in [0.05, 0.1) is 65.2 Å². The van der Waals surface area contributed by atoms with E-state index >= 15 is 0 Å². The van der Waals surface area contributed by atoms with Gasteiger partial charge in [-0.2, -0.15) is 5.26 Å². The van der Waals surface area contributed by atoms with Crippen molar-refractivity contribution in [3.63, 3.8) is 0 Å². The molecule has 4 N–H and O–H groups in total. The van der Waals surface area contributed by atoms with Gasteiger partial charge in [-0.15, -0.1) is 11.3 Å². The number of hydrogen-bond acceptors (Lipinski definition) is 9. The predicted octanol–water partition coefficient (Wildman–Crippen LogP) is 4.14. The van der Waals surface area contributed by atoms with Crippen LogP contribution in [-0.2, 0) is 21.2 Å². The lowest BCUT2D eigenvalue weighted by molar-refractivity contribution is -0.200. The van der Waals surface area contributed by atoms with Crippen LogP contribution in [0.3, 0.4) is 0 Å². The summed E-state index contributed by atoms with van der Waals surface area (Å²) in [5.41, 5.74) is 3.15. The molecule has 0 radical (unpaired) electrons. The van der Waals surface area contributed by atoms with Crippen LogP contribution in [0.1, 0.15) is 36.1 Å². The van der Waals surface area contributed by atoms with E-state index in [1.165, 1.54) is 45.2 Å². The number of sulfonamides is 1. The van der Waals surface area contributed by atoms with Gasteiger partial charge in [0, 0.05) is 47.6 Å². The Hall–Kier alpha value is -3.32. The fraction of sp³-hybridized carbons (Fsp3) is 0.452. The first-order valence-electron chi connectivity index (χ1n) is 14.2. The number of methoxy groups -OCH3 is 1. The minimum atomic E-state index is -3.83. The zero-order valence-electron chi connectivity index (χ0n) is 23.6. The standard InChI is InChI=1S/C31H35N5O4S2/c1-39-28-16-23(42(33,37)38)11-12-26(28)34-15-3-6-29-24(13-14-32)25-4-2-5-27(30(25)41-29)35-21-7-9-22(10-8-21)36-17-31(18-36)19-40-20-31/h2,4-5,11-12,16,21-22,34-35H,7-10,13,15,17-20H2,1H3,(H2,33,37,38). The first kappa shape index (κ1) is 28.8. The zero-order valence-corrected chi connectivity index (χ0v) is 25.2. The van der Waals surface area contributed by atoms with Crippen molar-refractivity contribution in [2.24, 2.45) is 10.6 Å². The van der Waals surface area contributed by atoms with Crippen molar-refractivity contribution in [2.45, 2.75) is 49.1 Å². The molecule has 0 atom stereocenters. The molecule has 2 aliphatic heterocycles. The second-order valence-electron chi connectivity index (χ2n) is 11.5. The number of hydrogen-bond donors (Lipinski definition) is 3. The smallest absolute Gasteiger partial charge is 0.238 e. The molecule has 2 aromatic carbocycles. The molecule has 9 nitrogen and oxygen atoms in total. The number of thiophene rings is 1. The summed E-state index contributed by atoms with van der Waals surface area (Å²) in [6.07, 6.45) is 5.02. The molecule has 3 heterocycles. The number of anilines is 2. The quantitative estimate of drug-likeness (QED) is 0.327. The molecule has 1 saturated carbocycles. The molecule has 6 rings (SSSR count). The molecule has 42 heavy (non-hydrogen) atoms. The third-order valence-corrected chi connectivity index (χ3v) is 10.7. The molecule has 11 heteroatoms. The average Bonchev–Trinajstić information content (AvgIpc) is 3.28. The summed E-state index contributed by atoms with van der Waals surface area (Å²) in [5.74, 6) is 6.78. The van der Waals surface area contributed by atoms with Crippen LogP contribution in [0.5, 0.6) is 5.75 Å². The van der Waals surface area contributed by atoms with Crippen LogP contribution in [0, 0.1) is 28.6 Å². The van der Waals surface area contributed by atoms with Crippen molar-refractivity contribution >= 4 is 42.8 Å². The Morgan fingerprint density at radius 2 is 1.95 bits per heavy atom. The predicted molar refractivity (Wildman–Crippen MR) is 165 cm³/mol. The highest BCUT2D eigenvalue weighted by Crippen LogP contribution is 2.42. The Morgan fingerprint density at radius 3 is 2.62 bits per heavy atom. The molecule has 0 amide bonds. The van der Waals surface area contributed by atoms with Gasteiger partial charge in [-0.05, 0) is 43.9 Å². The number of ether oxygens (including phenoxy) is 2. The summed E-state index contributed by atoms with van der Waals surface area (Å²) in [6.45, 7) is 4.58. The number of likely N-dealkylation sites (tertiary alicyclic amines) is 1. The Labute approximate surface area is 251 Å². The number of nitriles is 1. The average molecular weight is 606 g/mol. The number of nitrogens with one attached hydrogen (secondary N) is 2. The SMILES string of the molecule is COc1cc(S(N)(=O)=O)ccc1NCC#Cc1sc2c(NC3CCC(N4CC5(COC5)C4)CC3)cccc2c1CC#N. The Balaban J connectivity index is 1.13. The number of nitrogens with zero attached hydrogens (tertiary/aromatic N) is 2. The lowest BCUT2D eigenvalue weighted by Crippen LogP contribution is -2.68. The number of primary sulfonamides is 1. The van der Waals surface area contributed by atoms with E-state index in [9.17, 15) is 13.7 Å². The van der Waals surface area contributed by atoms with Gasteiger partial charge in [-0.3, -0.25) is 4.90 Å². The maximum Gasteiger partial charge on any atom is 0.238 e. The molecule has 1 aromatic heterocycles. The zero-order chi connectivity index (χ0) is 29.3. The number of benzene rings is 2. The third kappa shape index (κ3) is 5.81. The van der Waals surface area contributed by atoms with E-state index in [1.807, 2.05) is 0 Å². The topological polar surface area (TPSA) is 130 Å². The van der Waals surface area contributed by atoms with E-state index in [4.69, 9.17) is 14.6 Å². The molecule has 3 fully saturated rings. The Kier molecular flexibility index (Phi) is 8.05. The summed E-state index contributed by atoms with van der Waals surface area (Å²) >= 11 is 1.62. The molecule has 0 bridgehead atoms. The fourth-order valence-electron chi connectivity index (χ4n) is 6.35. The van der Waals surface area contributed by atoms with Crippen LogP contribution in [-0.4, -0.2) is 65.4 Å². The highest BCUT2D eigenvalue weighted by atomic mass is 32.2. The van der Waals surface area contributed by atoms with Gasteiger partial charge in [0.25, 0.3) is 0 Å². The maximum absolute atomic E-state index is 11.7. The van der Waals surface area contributed by atoms with E-state index in [0.717, 1.165) is 52.3 Å². The van der Waals surface area contributed by atoms with Crippen molar-refractivity contribution in [3.8, 4) is 23.7 Å². The van der Waals surface area contributed by atoms with Gasteiger partial charge in [0.2, 0.25) is 10.0 Å². The Bertz CT molecular complexity index is 1680. The van der Waals surface area contributed by atoms with Crippen LogP contribution in [0.25, 0.3) is 10.1 Å². The van der Waals surface area contributed by atoms with Gasteiger partial charge in [-0.1, -0.05) is 24.0 Å². The molecule has 3 aromatic rings. The van der Waals surface area contributed by atoms with Gasteiger partial charge >= 0.3 is 0 Å². The van der Waals surface area contributed by atoms with Crippen molar-refractivity contribution in [1.82, 2.24) is 4.90 Å². The van der Waals surface area contributed by atoms with E-state index in [-0.39, 0.29) is 11.3 Å². The lowest BCUT2D eigenvalue weighted by Gasteiger charge is -2.58. The molecule has 3 aliphatic rings. The van der Waals surface area contributed by atoms with Crippen molar-refractivity contribution in [3.05, 3.63) is 46.8 Å². The first-order valence-corrected chi connectivity index (χ1v) is 16.6. The Morgan fingerprint density at radius 1 is 1.17 bits per heavy atom. The second kappa shape index (κ2) is 11.8. The molecule has 1 spiro atoms. The number of nitrogens with two attached hydrogens (primary N) is 1. The van der Waals surface area contributed by atoms with Gasteiger partial charge in [0.1, 0.15) is 5.75 Å². The van der Waals surface area contributed by atoms with E-state index in [0.29, 0.717) is 35.5 Å². The molecule has 220 valence electrons. The maximum atomic E-state index is 11.7. The second-order valence-corrected chi connectivity index (χ2v) is 14.1. The van der Waals surface area contributed by atoms with Gasteiger partial charge < -0.3 is 20.1 Å². The van der Waals surface area contributed by atoms with E-state index in [1.54, 1.807) is 17.4 Å². The summed E-state index contributed by atoms with van der Waals surface area (Å²) < 4.78 is 35.2. The van der Waals surface area contributed by atoms with Crippen LogP contribution < -0.4 is 20.5 Å². The largest absolute Gasteiger partial charge is 0.495 e.